The SMILES string of the molecule is CC(=O)Oc1ccccc1C(=O)C(/C=C/C1=[N+](C)c2ccccc2C1(C)C)=C/C=C1\N(C)c2ccccc2C1(C)C.[O-][Cl+3]([O-])([O-])[O-]. The molecular formula is C36H37ClN2O7. The molecule has 0 N–H and O–H groups in total. The van der Waals surface area contributed by atoms with Crippen LogP contribution in [0, 0.1) is 10.2 Å². The number of esters is 1. The number of halogens is 1. The minimum Gasteiger partial charge on any atom is -0.426 e. The highest BCUT2D eigenvalue weighted by Crippen LogP contribution is 2.46. The van der Waals surface area contributed by atoms with Crippen LogP contribution in [-0.4, -0.2) is 36.1 Å². The summed E-state index contributed by atoms with van der Waals surface area (Å²) in [6, 6.07) is 23.7. The predicted molar refractivity (Wildman–Crippen MR) is 166 cm³/mol. The average molecular weight is 645 g/mol. The van der Waals surface area contributed by atoms with Gasteiger partial charge in [-0.3, -0.25) is 9.59 Å². The third-order valence-electron chi connectivity index (χ3n) is 8.37. The Bertz CT molecular complexity index is 1790. The van der Waals surface area contributed by atoms with Gasteiger partial charge in [0.15, 0.2) is 11.5 Å². The monoisotopic (exact) mass is 644 g/mol. The molecule has 0 unspecified atom stereocenters. The molecule has 0 saturated carbocycles. The molecule has 3 aromatic carbocycles. The van der Waals surface area contributed by atoms with Crippen molar-refractivity contribution in [2.75, 3.05) is 19.0 Å². The lowest BCUT2D eigenvalue weighted by Gasteiger charge is -2.23. The van der Waals surface area contributed by atoms with Crippen molar-refractivity contribution >= 4 is 28.8 Å². The number of carbonyl (C=O) groups excluding carboxylic acids is 2. The van der Waals surface area contributed by atoms with Crippen molar-refractivity contribution in [2.45, 2.75) is 45.4 Å². The van der Waals surface area contributed by atoms with Gasteiger partial charge in [-0.1, -0.05) is 62.4 Å². The third-order valence-corrected chi connectivity index (χ3v) is 8.37. The van der Waals surface area contributed by atoms with Crippen molar-refractivity contribution in [2.24, 2.45) is 0 Å². The van der Waals surface area contributed by atoms with Crippen molar-refractivity contribution < 1.29 is 47.8 Å². The summed E-state index contributed by atoms with van der Waals surface area (Å²) in [6.07, 6.45) is 7.85. The first-order chi connectivity index (χ1) is 21.4. The van der Waals surface area contributed by atoms with E-state index in [4.69, 9.17) is 23.4 Å². The molecule has 0 saturated heterocycles. The number of carbonyl (C=O) groups is 2. The van der Waals surface area contributed by atoms with Crippen molar-refractivity contribution in [3.05, 3.63) is 125 Å². The van der Waals surface area contributed by atoms with E-state index in [0.29, 0.717) is 11.1 Å². The van der Waals surface area contributed by atoms with Gasteiger partial charge in [0, 0.05) is 54.0 Å². The molecule has 46 heavy (non-hydrogen) atoms. The number of rotatable bonds is 6. The van der Waals surface area contributed by atoms with Crippen LogP contribution in [0.5, 0.6) is 5.75 Å². The Labute approximate surface area is 271 Å². The molecule has 3 aromatic rings. The number of ether oxygens (including phenoxy) is 1. The molecule has 10 heteroatoms. The molecule has 0 atom stereocenters. The van der Waals surface area contributed by atoms with Crippen molar-refractivity contribution in [3.63, 3.8) is 0 Å². The number of hydrogen-bond donors (Lipinski definition) is 0. The summed E-state index contributed by atoms with van der Waals surface area (Å²) in [7, 11) is -0.826. The molecule has 9 nitrogen and oxygen atoms in total. The van der Waals surface area contributed by atoms with Gasteiger partial charge in [0.05, 0.1) is 11.0 Å². The smallest absolute Gasteiger partial charge is 0.308 e. The van der Waals surface area contributed by atoms with E-state index in [1.54, 1.807) is 24.3 Å². The fourth-order valence-electron chi connectivity index (χ4n) is 6.20. The van der Waals surface area contributed by atoms with Crippen LogP contribution in [0.1, 0.15) is 56.1 Å². The highest BCUT2D eigenvalue weighted by atomic mass is 35.7. The summed E-state index contributed by atoms with van der Waals surface area (Å²) in [5.74, 6) is -0.438. The quantitative estimate of drug-likeness (QED) is 0.0995. The fraction of sp³-hybridized carbons (Fsp3) is 0.250. The van der Waals surface area contributed by atoms with Crippen LogP contribution >= 0.6 is 0 Å². The summed E-state index contributed by atoms with van der Waals surface area (Å²) in [4.78, 5) is 28.1. The first-order valence-electron chi connectivity index (χ1n) is 14.5. The van der Waals surface area contributed by atoms with Gasteiger partial charge < -0.3 is 9.64 Å². The van der Waals surface area contributed by atoms with Crippen LogP contribution in [0.3, 0.4) is 0 Å². The molecule has 0 spiro atoms. The first kappa shape index (κ1) is 34.5. The molecule has 0 amide bonds. The summed E-state index contributed by atoms with van der Waals surface area (Å²) in [6.45, 7) is 10.1. The highest BCUT2D eigenvalue weighted by Gasteiger charge is 2.42. The van der Waals surface area contributed by atoms with E-state index in [2.05, 4.69) is 87.7 Å². The van der Waals surface area contributed by atoms with Gasteiger partial charge in [-0.05, 0) is 55.8 Å². The normalized spacial score (nSPS) is 17.5. The molecule has 2 aliphatic rings. The molecule has 0 bridgehead atoms. The average Bonchev–Trinajstić information content (AvgIpc) is 3.29. The molecule has 2 aliphatic heterocycles. The molecule has 2 heterocycles. The predicted octanol–water partition coefficient (Wildman–Crippen LogP) is 2.54. The van der Waals surface area contributed by atoms with E-state index in [1.165, 1.54) is 18.1 Å². The molecule has 0 aliphatic carbocycles. The van der Waals surface area contributed by atoms with E-state index in [0.717, 1.165) is 22.8 Å². The van der Waals surface area contributed by atoms with Crippen molar-refractivity contribution in [1.82, 2.24) is 0 Å². The molecule has 0 radical (unpaired) electrons. The topological polar surface area (TPSA) is 142 Å². The van der Waals surface area contributed by atoms with Crippen molar-refractivity contribution in [3.8, 4) is 5.75 Å². The lowest BCUT2D eigenvalue weighted by atomic mass is 9.81. The molecular weight excluding hydrogens is 608 g/mol. The standard InChI is InChI=1S/C36H37N2O3.ClHO4/c1-24(39)41-31-19-13-8-14-26(31)34(40)25(20-22-32-35(2,3)27-15-9-11-17-29(27)37(32)6)21-23-33-36(4,5)28-16-10-12-18-30(28)38(33)7;2-1(3,4)5/h8-23H,1-7H3;(H,2,3,4,5)/q+1;/p-1. The number of benzene rings is 3. The van der Waals surface area contributed by atoms with Gasteiger partial charge in [-0.15, -0.1) is 10.2 Å². The Morgan fingerprint density at radius 3 is 2.02 bits per heavy atom. The summed E-state index contributed by atoms with van der Waals surface area (Å²) in [5.41, 5.74) is 7.33. The number of allylic oxidation sites excluding steroid dienone is 6. The number of para-hydroxylation sites is 3. The van der Waals surface area contributed by atoms with Crippen LogP contribution in [0.15, 0.2) is 108 Å². The lowest BCUT2D eigenvalue weighted by Crippen LogP contribution is -2.68. The van der Waals surface area contributed by atoms with E-state index >= 15 is 0 Å². The summed E-state index contributed by atoms with van der Waals surface area (Å²) >= 11 is 0. The fourth-order valence-corrected chi connectivity index (χ4v) is 6.20. The summed E-state index contributed by atoms with van der Waals surface area (Å²) in [5, 5.41) is 0. The first-order valence-corrected chi connectivity index (χ1v) is 15.8. The van der Waals surface area contributed by atoms with E-state index in [-0.39, 0.29) is 22.4 Å². The van der Waals surface area contributed by atoms with Crippen LogP contribution in [0.25, 0.3) is 0 Å². The Hall–Kier alpha value is -4.38. The number of hydrogen-bond acceptors (Lipinski definition) is 8. The Kier molecular flexibility index (Phi) is 9.86. The zero-order valence-electron chi connectivity index (χ0n) is 26.9. The van der Waals surface area contributed by atoms with Crippen LogP contribution < -0.4 is 28.3 Å². The second kappa shape index (κ2) is 13.2. The van der Waals surface area contributed by atoms with E-state index in [9.17, 15) is 9.59 Å². The van der Waals surface area contributed by atoms with Gasteiger partial charge in [-0.2, -0.15) is 4.58 Å². The number of nitrogens with zero attached hydrogens (tertiary/aromatic N) is 2. The molecule has 5 rings (SSSR count). The van der Waals surface area contributed by atoms with Gasteiger partial charge in [0.1, 0.15) is 12.8 Å². The van der Waals surface area contributed by atoms with Crippen LogP contribution in [0.4, 0.5) is 11.4 Å². The summed E-state index contributed by atoms with van der Waals surface area (Å²) < 4.78 is 41.6. The zero-order chi connectivity index (χ0) is 34.0. The number of likely N-dealkylation sites (N-methyl/N-ethyl adjacent to an activating group) is 1. The van der Waals surface area contributed by atoms with E-state index < -0.39 is 16.2 Å². The van der Waals surface area contributed by atoms with E-state index in [1.807, 2.05) is 36.4 Å². The maximum absolute atomic E-state index is 14.1. The lowest BCUT2D eigenvalue weighted by molar-refractivity contribution is -2.00. The number of ketones is 1. The third kappa shape index (κ3) is 7.20. The minimum absolute atomic E-state index is 0.220. The molecule has 0 aromatic heterocycles. The zero-order valence-corrected chi connectivity index (χ0v) is 27.6. The van der Waals surface area contributed by atoms with Gasteiger partial charge >= 0.3 is 5.97 Å². The highest BCUT2D eigenvalue weighted by molar-refractivity contribution is 6.14. The van der Waals surface area contributed by atoms with Gasteiger partial charge in [0.25, 0.3) is 0 Å². The largest absolute Gasteiger partial charge is 0.426 e. The second-order valence-corrected chi connectivity index (χ2v) is 12.8. The molecule has 0 fully saturated rings. The number of anilines is 1. The number of Topliss-reactive ketones (excluding diaryl/α,β-unsaturated/α-hetero) is 1. The van der Waals surface area contributed by atoms with Crippen LogP contribution in [0.2, 0.25) is 0 Å². The second-order valence-electron chi connectivity index (χ2n) is 12.1. The number of fused-ring (bicyclic) bond motifs is 2. The Morgan fingerprint density at radius 2 is 1.41 bits per heavy atom. The molecule has 240 valence electrons. The maximum Gasteiger partial charge on any atom is 0.308 e. The van der Waals surface area contributed by atoms with Crippen molar-refractivity contribution in [1.29, 1.82) is 0 Å². The maximum atomic E-state index is 14.1. The Morgan fingerprint density at radius 1 is 0.848 bits per heavy atom. The minimum atomic E-state index is -4.94. The van der Waals surface area contributed by atoms with Crippen LogP contribution in [-0.2, 0) is 15.6 Å². The van der Waals surface area contributed by atoms with Gasteiger partial charge in [-0.25, -0.2) is 18.6 Å². The Balaban J connectivity index is 0.000000892. The van der Waals surface area contributed by atoms with Gasteiger partial charge in [0.2, 0.25) is 5.69 Å².